The van der Waals surface area contributed by atoms with Crippen LogP contribution >= 0.6 is 12.2 Å². The molecule has 4 nitrogen and oxygen atoms in total. The number of thiocarbonyl (C=S) groups is 1. The molecule has 0 spiro atoms. The summed E-state index contributed by atoms with van der Waals surface area (Å²) in [6, 6.07) is 2.10. The summed E-state index contributed by atoms with van der Waals surface area (Å²) in [6.07, 6.45) is 5.43. The van der Waals surface area contributed by atoms with E-state index >= 15 is 0 Å². The quantitative estimate of drug-likeness (QED) is 0.868. The van der Waals surface area contributed by atoms with E-state index in [0.717, 1.165) is 12.3 Å². The van der Waals surface area contributed by atoms with E-state index in [0.29, 0.717) is 17.1 Å². The molecular formula is C15H21N3OS. The minimum absolute atomic E-state index is 0.179. The normalized spacial score (nSPS) is 34.1. The third kappa shape index (κ3) is 1.83. The van der Waals surface area contributed by atoms with Crippen LogP contribution in [0.25, 0.3) is 0 Å². The van der Waals surface area contributed by atoms with Crippen molar-refractivity contribution >= 4 is 17.2 Å². The summed E-state index contributed by atoms with van der Waals surface area (Å²) in [5.74, 6) is 0.733. The highest BCUT2D eigenvalue weighted by Gasteiger charge is 2.62. The topological polar surface area (TPSA) is 61.0 Å². The van der Waals surface area contributed by atoms with Gasteiger partial charge in [-0.1, -0.05) is 33.0 Å². The minimum Gasteiger partial charge on any atom is -0.460 e. The molecule has 0 aromatic carbocycles. The van der Waals surface area contributed by atoms with E-state index < -0.39 is 0 Å². The Morgan fingerprint density at radius 1 is 1.45 bits per heavy atom. The van der Waals surface area contributed by atoms with Crippen molar-refractivity contribution in [2.45, 2.75) is 46.1 Å². The van der Waals surface area contributed by atoms with Gasteiger partial charge in [-0.2, -0.15) is 4.98 Å². The van der Waals surface area contributed by atoms with Gasteiger partial charge in [-0.25, -0.2) is 4.98 Å². The lowest BCUT2D eigenvalue weighted by atomic mass is 9.70. The Bertz CT molecular complexity index is 560. The van der Waals surface area contributed by atoms with E-state index in [2.05, 4.69) is 30.7 Å². The van der Waals surface area contributed by atoms with Crippen molar-refractivity contribution in [1.29, 1.82) is 0 Å². The molecule has 0 amide bonds. The van der Waals surface area contributed by atoms with Crippen molar-refractivity contribution in [3.8, 4) is 6.01 Å². The van der Waals surface area contributed by atoms with Crippen molar-refractivity contribution < 1.29 is 4.74 Å². The van der Waals surface area contributed by atoms with E-state index in [1.54, 1.807) is 12.3 Å². The van der Waals surface area contributed by atoms with Gasteiger partial charge >= 0.3 is 6.01 Å². The van der Waals surface area contributed by atoms with Crippen LogP contribution in [0, 0.1) is 16.7 Å². The van der Waals surface area contributed by atoms with Gasteiger partial charge in [0, 0.05) is 11.6 Å². The first-order valence-electron chi connectivity index (χ1n) is 7.14. The van der Waals surface area contributed by atoms with Crippen LogP contribution < -0.4 is 10.5 Å². The number of nitrogens with two attached hydrogens (primary N) is 1. The number of aromatic nitrogens is 2. The van der Waals surface area contributed by atoms with Gasteiger partial charge in [-0.05, 0) is 36.7 Å². The molecule has 1 aromatic rings. The van der Waals surface area contributed by atoms with Crippen LogP contribution in [0.5, 0.6) is 6.01 Å². The molecule has 0 radical (unpaired) electrons. The average molecular weight is 291 g/mol. The Hall–Kier alpha value is -1.23. The molecule has 3 rings (SSSR count). The van der Waals surface area contributed by atoms with Gasteiger partial charge in [0.25, 0.3) is 0 Å². The van der Waals surface area contributed by atoms with E-state index in [-0.39, 0.29) is 16.5 Å². The summed E-state index contributed by atoms with van der Waals surface area (Å²) >= 11 is 4.95. The van der Waals surface area contributed by atoms with E-state index in [1.807, 2.05) is 0 Å². The Labute approximate surface area is 125 Å². The monoisotopic (exact) mass is 291 g/mol. The Morgan fingerprint density at radius 2 is 2.20 bits per heavy atom. The van der Waals surface area contributed by atoms with Crippen molar-refractivity contribution in [3.05, 3.63) is 18.0 Å². The first-order valence-corrected chi connectivity index (χ1v) is 7.55. The number of rotatable bonds is 3. The van der Waals surface area contributed by atoms with Crippen LogP contribution in [-0.2, 0) is 0 Å². The maximum Gasteiger partial charge on any atom is 0.317 e. The second-order valence-corrected chi connectivity index (χ2v) is 7.25. The van der Waals surface area contributed by atoms with Crippen LogP contribution in [-0.4, -0.2) is 21.1 Å². The summed E-state index contributed by atoms with van der Waals surface area (Å²) in [5.41, 5.74) is 6.69. The van der Waals surface area contributed by atoms with Crippen LogP contribution in [0.2, 0.25) is 0 Å². The number of ether oxygens (including phenoxy) is 1. The van der Waals surface area contributed by atoms with Crippen LogP contribution in [0.15, 0.2) is 12.3 Å². The maximum atomic E-state index is 6.10. The first-order chi connectivity index (χ1) is 9.34. The molecule has 2 N–H and O–H groups in total. The predicted molar refractivity (Wildman–Crippen MR) is 81.6 cm³/mol. The molecule has 20 heavy (non-hydrogen) atoms. The average Bonchev–Trinajstić information content (AvgIpc) is 2.72. The predicted octanol–water partition coefficient (Wildman–Crippen LogP) is 2.70. The highest BCUT2D eigenvalue weighted by molar-refractivity contribution is 7.80. The lowest BCUT2D eigenvalue weighted by Gasteiger charge is -2.38. The fraction of sp³-hybridized carbons (Fsp3) is 0.667. The standard InChI is InChI=1S/C15H21N3OS/c1-14(2)9-4-6-15(14,3)11(8-9)19-13-17-7-5-10(18-13)12(16)20/h5,7,9,11H,4,6,8H2,1-3H3,(H2,16,20). The van der Waals surface area contributed by atoms with Gasteiger partial charge in [-0.15, -0.1) is 0 Å². The zero-order chi connectivity index (χ0) is 14.5. The van der Waals surface area contributed by atoms with Crippen molar-refractivity contribution in [2.75, 3.05) is 0 Å². The lowest BCUT2D eigenvalue weighted by molar-refractivity contribution is 0.0241. The third-order valence-corrected chi connectivity index (χ3v) is 6.06. The Morgan fingerprint density at radius 3 is 2.75 bits per heavy atom. The minimum atomic E-state index is 0.179. The van der Waals surface area contributed by atoms with Gasteiger partial charge < -0.3 is 10.5 Å². The number of hydrogen-bond acceptors (Lipinski definition) is 4. The molecule has 1 heterocycles. The van der Waals surface area contributed by atoms with Gasteiger partial charge in [-0.3, -0.25) is 0 Å². The summed E-state index contributed by atoms with van der Waals surface area (Å²) in [7, 11) is 0. The summed E-state index contributed by atoms with van der Waals surface area (Å²) in [5, 5.41) is 0. The number of hydrogen-bond donors (Lipinski definition) is 1. The molecule has 2 saturated carbocycles. The van der Waals surface area contributed by atoms with Gasteiger partial charge in [0.15, 0.2) is 0 Å². The summed E-state index contributed by atoms with van der Waals surface area (Å²) < 4.78 is 6.10. The molecule has 2 aliphatic rings. The fourth-order valence-electron chi connectivity index (χ4n) is 3.97. The molecule has 0 saturated heterocycles. The maximum absolute atomic E-state index is 6.10. The molecule has 2 fully saturated rings. The van der Waals surface area contributed by atoms with Crippen molar-refractivity contribution in [2.24, 2.45) is 22.5 Å². The third-order valence-electron chi connectivity index (χ3n) is 5.85. The molecule has 2 aliphatic carbocycles. The smallest absolute Gasteiger partial charge is 0.317 e. The zero-order valence-corrected chi connectivity index (χ0v) is 13.0. The van der Waals surface area contributed by atoms with Gasteiger partial charge in [0.1, 0.15) is 16.8 Å². The fourth-order valence-corrected chi connectivity index (χ4v) is 4.08. The van der Waals surface area contributed by atoms with E-state index in [4.69, 9.17) is 22.7 Å². The number of fused-ring (bicyclic) bond motifs is 2. The molecule has 3 unspecified atom stereocenters. The second kappa shape index (κ2) is 4.38. The van der Waals surface area contributed by atoms with Gasteiger partial charge in [0.2, 0.25) is 0 Å². The van der Waals surface area contributed by atoms with Gasteiger partial charge in [0.05, 0.1) is 0 Å². The lowest BCUT2D eigenvalue weighted by Crippen LogP contribution is -2.39. The summed E-state index contributed by atoms with van der Waals surface area (Å²) in [6.45, 7) is 7.06. The van der Waals surface area contributed by atoms with E-state index in [9.17, 15) is 0 Å². The highest BCUT2D eigenvalue weighted by Crippen LogP contribution is 2.65. The van der Waals surface area contributed by atoms with E-state index in [1.165, 1.54) is 12.8 Å². The summed E-state index contributed by atoms with van der Waals surface area (Å²) in [4.78, 5) is 8.77. The molecule has 5 heteroatoms. The first kappa shape index (κ1) is 13.7. The van der Waals surface area contributed by atoms with Crippen molar-refractivity contribution in [3.63, 3.8) is 0 Å². The highest BCUT2D eigenvalue weighted by atomic mass is 32.1. The molecule has 108 valence electrons. The van der Waals surface area contributed by atoms with Crippen LogP contribution in [0.3, 0.4) is 0 Å². The Kier molecular flexibility index (Phi) is 3.01. The SMILES string of the molecule is CC1(C)C2CCC1(C)C(Oc1nccc(C(N)=S)n1)C2. The largest absolute Gasteiger partial charge is 0.460 e. The van der Waals surface area contributed by atoms with Crippen LogP contribution in [0.4, 0.5) is 0 Å². The second-order valence-electron chi connectivity index (χ2n) is 6.81. The molecule has 3 atom stereocenters. The zero-order valence-electron chi connectivity index (χ0n) is 12.2. The molecule has 0 aliphatic heterocycles. The molecular weight excluding hydrogens is 270 g/mol. The van der Waals surface area contributed by atoms with Crippen molar-refractivity contribution in [1.82, 2.24) is 9.97 Å². The van der Waals surface area contributed by atoms with Crippen LogP contribution in [0.1, 0.15) is 45.7 Å². The molecule has 2 bridgehead atoms. The number of nitrogens with zero attached hydrogens (tertiary/aromatic N) is 2. The Balaban J connectivity index is 1.83. The molecule has 1 aromatic heterocycles.